The Labute approximate surface area is 138 Å². The molecule has 0 aromatic heterocycles. The van der Waals surface area contributed by atoms with E-state index in [0.29, 0.717) is 12.5 Å². The predicted molar refractivity (Wildman–Crippen MR) is 89.9 cm³/mol. The Morgan fingerprint density at radius 1 is 1.17 bits per heavy atom. The summed E-state index contributed by atoms with van der Waals surface area (Å²) in [6, 6.07) is 6.70. The van der Waals surface area contributed by atoms with Gasteiger partial charge in [-0.05, 0) is 62.6 Å². The second-order valence-electron chi connectivity index (χ2n) is 7.31. The number of nitrogens with zero attached hydrogens (tertiary/aromatic N) is 1. The first-order chi connectivity index (χ1) is 10.9. The fourth-order valence-corrected chi connectivity index (χ4v) is 3.69. The first-order valence-electron chi connectivity index (χ1n) is 8.55. The van der Waals surface area contributed by atoms with E-state index < -0.39 is 0 Å². The van der Waals surface area contributed by atoms with Gasteiger partial charge in [0.2, 0.25) is 11.8 Å². The average Bonchev–Trinajstić information content (AvgIpc) is 3.30. The summed E-state index contributed by atoms with van der Waals surface area (Å²) >= 11 is 0. The van der Waals surface area contributed by atoms with Crippen LogP contribution in [0.15, 0.2) is 18.2 Å². The normalized spacial score (nSPS) is 30.1. The molecule has 2 amide bonds. The molecule has 0 radical (unpaired) electrons. The number of primary amides is 1. The number of benzene rings is 1. The third kappa shape index (κ3) is 3.12. The van der Waals surface area contributed by atoms with Crippen molar-refractivity contribution in [2.24, 2.45) is 17.6 Å². The second kappa shape index (κ2) is 5.99. The van der Waals surface area contributed by atoms with Crippen molar-refractivity contribution in [1.29, 1.82) is 0 Å². The Morgan fingerprint density at radius 3 is 2.57 bits per heavy atom. The quantitative estimate of drug-likeness (QED) is 0.932. The van der Waals surface area contributed by atoms with Crippen LogP contribution in [0.4, 0.5) is 0 Å². The molecule has 0 spiro atoms. The average molecular weight is 314 g/mol. The highest BCUT2D eigenvalue weighted by atomic mass is 16.2. The van der Waals surface area contributed by atoms with Gasteiger partial charge in [0.1, 0.15) is 0 Å². The van der Waals surface area contributed by atoms with Gasteiger partial charge < -0.3 is 10.6 Å². The van der Waals surface area contributed by atoms with Crippen molar-refractivity contribution >= 4 is 11.8 Å². The maximum atomic E-state index is 12.8. The fraction of sp³-hybridized carbons (Fsp3) is 0.579. The van der Waals surface area contributed by atoms with Crippen LogP contribution in [-0.4, -0.2) is 29.3 Å². The molecule has 3 rings (SSSR count). The number of carbonyl (C=O) groups is 2. The first kappa shape index (κ1) is 16.0. The lowest BCUT2D eigenvalue weighted by Gasteiger charge is -2.37. The van der Waals surface area contributed by atoms with E-state index in [2.05, 4.69) is 39.0 Å². The molecule has 1 aromatic rings. The molecule has 0 bridgehead atoms. The summed E-state index contributed by atoms with van der Waals surface area (Å²) in [5.74, 6) is 0.144. The second-order valence-corrected chi connectivity index (χ2v) is 7.31. The van der Waals surface area contributed by atoms with Crippen molar-refractivity contribution in [3.05, 3.63) is 34.9 Å². The van der Waals surface area contributed by atoms with Gasteiger partial charge in [-0.1, -0.05) is 18.2 Å². The number of carbonyl (C=O) groups excluding carboxylic acids is 2. The van der Waals surface area contributed by atoms with Crippen molar-refractivity contribution in [1.82, 2.24) is 4.90 Å². The van der Waals surface area contributed by atoms with E-state index in [4.69, 9.17) is 5.73 Å². The molecule has 4 heteroatoms. The molecule has 1 aliphatic carbocycles. The lowest BCUT2D eigenvalue weighted by atomic mass is 9.92. The van der Waals surface area contributed by atoms with Gasteiger partial charge in [-0.25, -0.2) is 0 Å². The van der Waals surface area contributed by atoms with Crippen LogP contribution in [0, 0.1) is 25.7 Å². The van der Waals surface area contributed by atoms with Crippen LogP contribution < -0.4 is 5.73 Å². The number of hydrogen-bond donors (Lipinski definition) is 1. The summed E-state index contributed by atoms with van der Waals surface area (Å²) < 4.78 is 0. The summed E-state index contributed by atoms with van der Waals surface area (Å²) in [7, 11) is 0. The van der Waals surface area contributed by atoms with E-state index in [1.165, 1.54) is 16.7 Å². The van der Waals surface area contributed by atoms with E-state index >= 15 is 0 Å². The Balaban J connectivity index is 1.69. The van der Waals surface area contributed by atoms with Crippen molar-refractivity contribution in [2.45, 2.75) is 52.0 Å². The van der Waals surface area contributed by atoms with Gasteiger partial charge in [0.05, 0.1) is 5.92 Å². The molecule has 1 aliphatic heterocycles. The van der Waals surface area contributed by atoms with Crippen LogP contribution in [0.5, 0.6) is 0 Å². The van der Waals surface area contributed by atoms with E-state index in [9.17, 15) is 9.59 Å². The maximum absolute atomic E-state index is 12.8. The molecule has 2 N–H and O–H groups in total. The Hall–Kier alpha value is -1.84. The minimum atomic E-state index is -0.281. The topological polar surface area (TPSA) is 63.4 Å². The van der Waals surface area contributed by atoms with Crippen LogP contribution in [-0.2, 0) is 9.59 Å². The van der Waals surface area contributed by atoms with Crippen LogP contribution in [0.1, 0.15) is 48.8 Å². The third-order valence-corrected chi connectivity index (χ3v) is 5.63. The molecule has 4 nitrogen and oxygen atoms in total. The molecule has 2 fully saturated rings. The monoisotopic (exact) mass is 314 g/mol. The predicted octanol–water partition coefficient (Wildman–Crippen LogP) is 2.52. The third-order valence-electron chi connectivity index (χ3n) is 5.63. The zero-order valence-corrected chi connectivity index (χ0v) is 14.2. The van der Waals surface area contributed by atoms with Crippen molar-refractivity contribution in [2.75, 3.05) is 6.54 Å². The maximum Gasteiger partial charge on any atom is 0.226 e. The molecule has 1 heterocycles. The number of piperidine rings is 1. The smallest absolute Gasteiger partial charge is 0.226 e. The zero-order valence-electron chi connectivity index (χ0n) is 14.2. The van der Waals surface area contributed by atoms with Crippen LogP contribution in [0.25, 0.3) is 0 Å². The largest absolute Gasteiger partial charge is 0.369 e. The number of likely N-dealkylation sites (tertiary alicyclic amines) is 1. The molecule has 2 aliphatic rings. The minimum absolute atomic E-state index is 0.0752. The summed E-state index contributed by atoms with van der Waals surface area (Å²) in [5, 5.41) is 0. The standard InChI is InChI=1S/C19H26N2O2/c1-11-4-6-14(8-12(11)2)16-9-17(16)19(23)21-10-15(18(20)22)7-5-13(21)3/h4,6,8,13,15-17H,5,7,9-10H2,1-3H3,(H2,20,22)/t13-,15+,16-,17-/m0/s1. The number of hydrogen-bond acceptors (Lipinski definition) is 2. The van der Waals surface area contributed by atoms with Crippen LogP contribution in [0.3, 0.4) is 0 Å². The van der Waals surface area contributed by atoms with Gasteiger partial charge in [0.25, 0.3) is 0 Å². The Morgan fingerprint density at radius 2 is 1.91 bits per heavy atom. The molecule has 4 atom stereocenters. The number of rotatable bonds is 3. The van der Waals surface area contributed by atoms with E-state index in [1.807, 2.05) is 4.90 Å². The lowest BCUT2D eigenvalue weighted by molar-refractivity contribution is -0.138. The minimum Gasteiger partial charge on any atom is -0.369 e. The highest BCUT2D eigenvalue weighted by Crippen LogP contribution is 2.49. The number of aryl methyl sites for hydroxylation is 2. The Kier molecular flexibility index (Phi) is 4.17. The highest BCUT2D eigenvalue weighted by Gasteiger charge is 2.47. The molecule has 0 unspecified atom stereocenters. The lowest BCUT2D eigenvalue weighted by Crippen LogP contribution is -2.49. The molecule has 1 aromatic carbocycles. The number of amides is 2. The SMILES string of the molecule is Cc1ccc([C@@H]2C[C@@H]2C(=O)N2C[C@H](C(N)=O)CC[C@@H]2C)cc1C. The van der Waals surface area contributed by atoms with Crippen LogP contribution in [0.2, 0.25) is 0 Å². The van der Waals surface area contributed by atoms with E-state index in [-0.39, 0.29) is 29.7 Å². The summed E-state index contributed by atoms with van der Waals surface area (Å²) in [6.07, 6.45) is 2.58. The highest BCUT2D eigenvalue weighted by molar-refractivity contribution is 5.84. The summed E-state index contributed by atoms with van der Waals surface area (Å²) in [6.45, 7) is 6.78. The molecule has 1 saturated heterocycles. The van der Waals surface area contributed by atoms with Gasteiger partial charge in [0, 0.05) is 18.5 Å². The summed E-state index contributed by atoms with van der Waals surface area (Å²) in [5.41, 5.74) is 9.27. The molecular weight excluding hydrogens is 288 g/mol. The van der Waals surface area contributed by atoms with Gasteiger partial charge in [0.15, 0.2) is 0 Å². The van der Waals surface area contributed by atoms with Gasteiger partial charge in [-0.15, -0.1) is 0 Å². The van der Waals surface area contributed by atoms with Crippen molar-refractivity contribution < 1.29 is 9.59 Å². The van der Waals surface area contributed by atoms with Gasteiger partial charge in [-0.2, -0.15) is 0 Å². The van der Waals surface area contributed by atoms with Crippen molar-refractivity contribution in [3.8, 4) is 0 Å². The van der Waals surface area contributed by atoms with E-state index in [0.717, 1.165) is 19.3 Å². The molecule has 1 saturated carbocycles. The van der Waals surface area contributed by atoms with Gasteiger partial charge >= 0.3 is 0 Å². The van der Waals surface area contributed by atoms with Crippen molar-refractivity contribution in [3.63, 3.8) is 0 Å². The fourth-order valence-electron chi connectivity index (χ4n) is 3.69. The van der Waals surface area contributed by atoms with E-state index in [1.54, 1.807) is 0 Å². The molecular formula is C19H26N2O2. The Bertz CT molecular complexity index is 640. The zero-order chi connectivity index (χ0) is 16.7. The molecule has 23 heavy (non-hydrogen) atoms. The summed E-state index contributed by atoms with van der Waals surface area (Å²) in [4.78, 5) is 26.2. The number of nitrogens with two attached hydrogens (primary N) is 1. The van der Waals surface area contributed by atoms with Crippen LogP contribution >= 0.6 is 0 Å². The van der Waals surface area contributed by atoms with Gasteiger partial charge in [-0.3, -0.25) is 9.59 Å². The first-order valence-corrected chi connectivity index (χ1v) is 8.55. The molecule has 124 valence electrons.